The number of esters is 2. The molecule has 7 heteroatoms. The van der Waals surface area contributed by atoms with Crippen molar-refractivity contribution in [3.63, 3.8) is 0 Å². The molecular formula is C23H27NO6. The van der Waals surface area contributed by atoms with Crippen LogP contribution in [0.2, 0.25) is 0 Å². The second-order valence-electron chi connectivity index (χ2n) is 8.72. The molecule has 1 saturated heterocycles. The number of likely N-dealkylation sites (N-methyl/N-ethyl adjacent to an activating group) is 1. The van der Waals surface area contributed by atoms with E-state index in [1.807, 2.05) is 18.2 Å². The summed E-state index contributed by atoms with van der Waals surface area (Å²) < 4.78 is 22.1. The lowest BCUT2D eigenvalue weighted by atomic mass is 9.49. The molecule has 2 bridgehead atoms. The maximum atomic E-state index is 12.7. The first-order valence-electron chi connectivity index (χ1n) is 10.4. The summed E-state index contributed by atoms with van der Waals surface area (Å²) in [5, 5.41) is 0. The van der Waals surface area contributed by atoms with Crippen LogP contribution in [0.5, 0.6) is 11.5 Å². The zero-order valence-corrected chi connectivity index (χ0v) is 17.7. The highest BCUT2D eigenvalue weighted by molar-refractivity contribution is 5.95. The smallest absolute Gasteiger partial charge is 0.320 e. The largest absolute Gasteiger partial charge is 0.493 e. The van der Waals surface area contributed by atoms with Crippen molar-refractivity contribution in [1.82, 2.24) is 4.90 Å². The number of carbonyl (C=O) groups is 2. The Morgan fingerprint density at radius 3 is 2.57 bits per heavy atom. The van der Waals surface area contributed by atoms with Gasteiger partial charge in [0.1, 0.15) is 6.10 Å². The second-order valence-corrected chi connectivity index (χ2v) is 8.72. The van der Waals surface area contributed by atoms with Gasteiger partial charge in [-0.3, -0.25) is 9.59 Å². The van der Waals surface area contributed by atoms with Crippen LogP contribution in [0.3, 0.4) is 0 Å². The summed E-state index contributed by atoms with van der Waals surface area (Å²) >= 11 is 0. The summed E-state index contributed by atoms with van der Waals surface area (Å²) in [5.74, 6) is -0.866. The second kappa shape index (κ2) is 6.74. The van der Waals surface area contributed by atoms with Crippen molar-refractivity contribution in [2.45, 2.75) is 30.4 Å². The molecule has 160 valence electrons. The van der Waals surface area contributed by atoms with Crippen LogP contribution in [0, 0.1) is 17.8 Å². The van der Waals surface area contributed by atoms with E-state index in [0.29, 0.717) is 0 Å². The first-order chi connectivity index (χ1) is 14.5. The molecule has 1 aromatic rings. The van der Waals surface area contributed by atoms with Crippen molar-refractivity contribution in [2.24, 2.45) is 17.8 Å². The number of hydrogen-bond donors (Lipinski definition) is 0. The zero-order chi connectivity index (χ0) is 21.2. The maximum Gasteiger partial charge on any atom is 0.320 e. The number of ether oxygens (including phenoxy) is 4. The number of benzene rings is 1. The summed E-state index contributed by atoms with van der Waals surface area (Å²) in [6.45, 7) is 0.929. The third kappa shape index (κ3) is 2.30. The van der Waals surface area contributed by atoms with Gasteiger partial charge in [-0.25, -0.2) is 0 Å². The highest BCUT2D eigenvalue weighted by atomic mass is 16.5. The van der Waals surface area contributed by atoms with E-state index < -0.39 is 17.9 Å². The minimum atomic E-state index is -0.996. The Hall–Kier alpha value is -2.54. The van der Waals surface area contributed by atoms with Crippen LogP contribution in [-0.4, -0.2) is 63.9 Å². The third-order valence-corrected chi connectivity index (χ3v) is 7.75. The SMILES string of the molecule is COC(=O)C(C(=O)OC)[C@H]1C=C[C@@H]2Oc3c(OC)ccc4c3[C@@]23CCN(C)[C@H](C4)[C@H]13. The Morgan fingerprint density at radius 2 is 1.90 bits per heavy atom. The molecular weight excluding hydrogens is 386 g/mol. The summed E-state index contributed by atoms with van der Waals surface area (Å²) in [7, 11) is 6.41. The van der Waals surface area contributed by atoms with Gasteiger partial charge >= 0.3 is 11.9 Å². The lowest BCUT2D eigenvalue weighted by molar-refractivity contribution is -0.164. The van der Waals surface area contributed by atoms with Gasteiger partial charge in [0.15, 0.2) is 17.4 Å². The van der Waals surface area contributed by atoms with Gasteiger partial charge in [-0.1, -0.05) is 12.1 Å². The Labute approximate surface area is 175 Å². The molecule has 1 fully saturated rings. The van der Waals surface area contributed by atoms with Crippen molar-refractivity contribution in [1.29, 1.82) is 0 Å². The highest BCUT2D eigenvalue weighted by Crippen LogP contribution is 2.64. The van der Waals surface area contributed by atoms with E-state index in [-0.39, 0.29) is 29.4 Å². The molecule has 2 heterocycles. The summed E-state index contributed by atoms with van der Waals surface area (Å²) in [5.41, 5.74) is 2.17. The molecule has 5 rings (SSSR count). The molecule has 5 atom stereocenters. The predicted octanol–water partition coefficient (Wildman–Crippen LogP) is 1.72. The molecule has 2 aliphatic carbocycles. The number of rotatable bonds is 4. The molecule has 0 saturated carbocycles. The number of likely N-dealkylation sites (tertiary alicyclic amines) is 1. The number of hydrogen-bond acceptors (Lipinski definition) is 7. The molecule has 1 spiro atoms. The van der Waals surface area contributed by atoms with Gasteiger partial charge in [0, 0.05) is 22.9 Å². The van der Waals surface area contributed by atoms with Crippen LogP contribution in [0.4, 0.5) is 0 Å². The minimum Gasteiger partial charge on any atom is -0.493 e. The van der Waals surface area contributed by atoms with Crippen molar-refractivity contribution in [3.05, 3.63) is 35.4 Å². The van der Waals surface area contributed by atoms with E-state index in [1.165, 1.54) is 25.3 Å². The van der Waals surface area contributed by atoms with Gasteiger partial charge in [-0.05, 0) is 50.1 Å². The van der Waals surface area contributed by atoms with E-state index in [0.717, 1.165) is 30.9 Å². The molecule has 0 aromatic heterocycles. The fourth-order valence-corrected chi connectivity index (χ4v) is 6.52. The fraction of sp³-hybridized carbons (Fsp3) is 0.565. The third-order valence-electron chi connectivity index (χ3n) is 7.75. The van der Waals surface area contributed by atoms with E-state index >= 15 is 0 Å². The standard InChI is InChI=1S/C23H27NO6/c1-24-10-9-23-16-8-6-13(17(21(25)28-3)22(26)29-4)19(23)14(24)11-12-5-7-15(27-2)20(30-16)18(12)23/h5-8,13-14,16-17,19H,9-11H2,1-4H3/t13-,14-,16+,19+,23-/m1/s1. The molecule has 0 N–H and O–H groups in total. The topological polar surface area (TPSA) is 74.3 Å². The maximum absolute atomic E-state index is 12.7. The average molecular weight is 413 g/mol. The molecule has 0 amide bonds. The number of carbonyl (C=O) groups excluding carboxylic acids is 2. The van der Waals surface area contributed by atoms with E-state index in [2.05, 4.69) is 18.0 Å². The first kappa shape index (κ1) is 19.4. The lowest BCUT2D eigenvalue weighted by Gasteiger charge is -2.59. The van der Waals surface area contributed by atoms with Crippen LogP contribution in [0.15, 0.2) is 24.3 Å². The van der Waals surface area contributed by atoms with Gasteiger partial charge in [0.2, 0.25) is 0 Å². The molecule has 0 unspecified atom stereocenters. The Kier molecular flexibility index (Phi) is 4.36. The van der Waals surface area contributed by atoms with Gasteiger partial charge < -0.3 is 23.8 Å². The zero-order valence-electron chi connectivity index (χ0n) is 17.7. The molecule has 2 aliphatic heterocycles. The Bertz CT molecular complexity index is 926. The lowest BCUT2D eigenvalue weighted by Crippen LogP contribution is -2.66. The van der Waals surface area contributed by atoms with E-state index in [9.17, 15) is 9.59 Å². The number of methoxy groups -OCH3 is 3. The quantitative estimate of drug-likeness (QED) is 0.423. The van der Waals surface area contributed by atoms with Crippen LogP contribution in [0.25, 0.3) is 0 Å². The van der Waals surface area contributed by atoms with Crippen molar-refractivity contribution >= 4 is 11.9 Å². The van der Waals surface area contributed by atoms with Crippen LogP contribution < -0.4 is 9.47 Å². The summed E-state index contributed by atoms with van der Waals surface area (Å²) in [6.07, 6.45) is 5.58. The van der Waals surface area contributed by atoms with Crippen LogP contribution in [-0.2, 0) is 30.9 Å². The van der Waals surface area contributed by atoms with Crippen molar-refractivity contribution < 1.29 is 28.5 Å². The monoisotopic (exact) mass is 413 g/mol. The highest BCUT2D eigenvalue weighted by Gasteiger charge is 2.66. The van der Waals surface area contributed by atoms with E-state index in [1.54, 1.807) is 7.11 Å². The van der Waals surface area contributed by atoms with Gasteiger partial charge in [-0.15, -0.1) is 0 Å². The summed E-state index contributed by atoms with van der Waals surface area (Å²) in [6, 6.07) is 4.30. The normalized spacial score (nSPS) is 33.0. The molecule has 0 radical (unpaired) electrons. The Balaban J connectivity index is 1.72. The Morgan fingerprint density at radius 1 is 1.17 bits per heavy atom. The molecule has 30 heavy (non-hydrogen) atoms. The molecule has 7 nitrogen and oxygen atoms in total. The van der Waals surface area contributed by atoms with Crippen molar-refractivity contribution in [2.75, 3.05) is 34.9 Å². The molecule has 1 aromatic carbocycles. The predicted molar refractivity (Wildman–Crippen MR) is 107 cm³/mol. The van der Waals surface area contributed by atoms with E-state index in [4.69, 9.17) is 18.9 Å². The number of piperidine rings is 1. The summed E-state index contributed by atoms with van der Waals surface area (Å²) in [4.78, 5) is 27.8. The average Bonchev–Trinajstić information content (AvgIpc) is 3.10. The first-order valence-corrected chi connectivity index (χ1v) is 10.4. The molecule has 4 aliphatic rings. The van der Waals surface area contributed by atoms with Crippen LogP contribution >= 0.6 is 0 Å². The number of nitrogens with zero attached hydrogens (tertiary/aromatic N) is 1. The van der Waals surface area contributed by atoms with Gasteiger partial charge in [0.25, 0.3) is 0 Å². The van der Waals surface area contributed by atoms with Gasteiger partial charge in [-0.2, -0.15) is 0 Å². The van der Waals surface area contributed by atoms with Crippen molar-refractivity contribution in [3.8, 4) is 11.5 Å². The van der Waals surface area contributed by atoms with Crippen LogP contribution in [0.1, 0.15) is 17.5 Å². The van der Waals surface area contributed by atoms with Gasteiger partial charge in [0.05, 0.1) is 21.3 Å². The fourth-order valence-electron chi connectivity index (χ4n) is 6.52. The minimum absolute atomic E-state index is 0.0234. The number of allylic oxidation sites excluding steroid dienone is 1.